The van der Waals surface area contributed by atoms with Crippen LogP contribution in [0.4, 0.5) is 4.39 Å². The molecule has 142 valence electrons. The van der Waals surface area contributed by atoms with Gasteiger partial charge in [0, 0.05) is 35.5 Å². The van der Waals surface area contributed by atoms with E-state index in [0.717, 1.165) is 13.0 Å². The zero-order valence-corrected chi connectivity index (χ0v) is 16.2. The summed E-state index contributed by atoms with van der Waals surface area (Å²) in [6.07, 6.45) is 2.81. The molecule has 1 N–H and O–H groups in total. The lowest BCUT2D eigenvalue weighted by atomic mass is 9.54. The minimum absolute atomic E-state index is 0.0719. The normalized spacial score (nSPS) is 26.4. The molecule has 28 heavy (non-hydrogen) atoms. The highest BCUT2D eigenvalue weighted by atomic mass is 35.5. The van der Waals surface area contributed by atoms with Crippen LogP contribution < -0.4 is 0 Å². The van der Waals surface area contributed by atoms with E-state index in [2.05, 4.69) is 11.0 Å². The number of halogens is 2. The van der Waals surface area contributed by atoms with E-state index in [1.165, 1.54) is 18.2 Å². The van der Waals surface area contributed by atoms with Crippen LogP contribution in [-0.4, -0.2) is 30.2 Å². The molecule has 0 bridgehead atoms. The van der Waals surface area contributed by atoms with E-state index in [0.29, 0.717) is 18.7 Å². The van der Waals surface area contributed by atoms with E-state index in [1.54, 1.807) is 0 Å². The molecule has 0 amide bonds. The van der Waals surface area contributed by atoms with E-state index >= 15 is 0 Å². The first kappa shape index (κ1) is 20.0. The first-order valence-corrected chi connectivity index (χ1v) is 9.50. The molecule has 1 fully saturated rings. The molecular weight excluding hydrogens is 377 g/mol. The molecule has 0 saturated heterocycles. The second-order valence-electron chi connectivity index (χ2n) is 7.19. The van der Waals surface area contributed by atoms with Crippen molar-refractivity contribution in [2.45, 2.75) is 19.3 Å². The van der Waals surface area contributed by atoms with Crippen LogP contribution in [-0.2, 0) is 0 Å². The summed E-state index contributed by atoms with van der Waals surface area (Å²) in [4.78, 5) is 2.15. The molecule has 1 aliphatic carbocycles. The fourth-order valence-corrected chi connectivity index (χ4v) is 4.77. The Bertz CT molecular complexity index is 930. The molecule has 3 rings (SSSR count). The highest BCUT2D eigenvalue weighted by Crippen LogP contribution is 2.55. The standard InChI is InChI=1S/C21H19ClFN5/c1-2-7-28-8-6-13-14(9-24)20(27)21(11-25,12-26)19(15(13)10-28)18-16(22)4-3-5-17(18)23/h3-6,14-15,19,27H,2,7-8,10H2,1H3/t14?,15-,19-/m1/s1. The summed E-state index contributed by atoms with van der Waals surface area (Å²) in [6.45, 7) is 3.95. The van der Waals surface area contributed by atoms with E-state index in [-0.39, 0.29) is 16.3 Å². The number of hydrogen-bond acceptors (Lipinski definition) is 5. The number of nitriles is 3. The average molecular weight is 396 g/mol. The van der Waals surface area contributed by atoms with Crippen molar-refractivity contribution in [3.05, 3.63) is 46.3 Å². The molecule has 0 aromatic heterocycles. The zero-order valence-electron chi connectivity index (χ0n) is 15.4. The third-order valence-electron chi connectivity index (χ3n) is 5.72. The molecule has 2 aliphatic rings. The number of fused-ring (bicyclic) bond motifs is 1. The van der Waals surface area contributed by atoms with Gasteiger partial charge in [0.15, 0.2) is 5.41 Å². The van der Waals surface area contributed by atoms with Crippen molar-refractivity contribution in [3.63, 3.8) is 0 Å². The van der Waals surface area contributed by atoms with Gasteiger partial charge in [-0.1, -0.05) is 30.7 Å². The van der Waals surface area contributed by atoms with Crippen LogP contribution in [0.3, 0.4) is 0 Å². The predicted octanol–water partition coefficient (Wildman–Crippen LogP) is 4.04. The number of hydrogen-bond donors (Lipinski definition) is 1. The largest absolute Gasteiger partial charge is 0.305 e. The SMILES string of the molecule is CCCN1CC=C2C(C#N)C(=N)C(C#N)(C#N)[C@@H](c3c(F)cccc3Cl)[C@@H]2C1. The quantitative estimate of drug-likeness (QED) is 0.780. The van der Waals surface area contributed by atoms with Gasteiger partial charge in [-0.15, -0.1) is 0 Å². The van der Waals surface area contributed by atoms with Crippen molar-refractivity contribution in [3.8, 4) is 18.2 Å². The maximum absolute atomic E-state index is 14.9. The van der Waals surface area contributed by atoms with Gasteiger partial charge in [0.25, 0.3) is 0 Å². The summed E-state index contributed by atoms with van der Waals surface area (Å²) < 4.78 is 14.9. The van der Waals surface area contributed by atoms with Crippen LogP contribution in [0.25, 0.3) is 0 Å². The molecule has 1 saturated carbocycles. The van der Waals surface area contributed by atoms with E-state index < -0.39 is 29.0 Å². The van der Waals surface area contributed by atoms with E-state index in [4.69, 9.17) is 17.0 Å². The molecule has 1 aromatic carbocycles. The molecule has 1 aliphatic heterocycles. The Kier molecular flexibility index (Phi) is 5.52. The Balaban J connectivity index is 2.29. The summed E-state index contributed by atoms with van der Waals surface area (Å²) >= 11 is 6.32. The van der Waals surface area contributed by atoms with Crippen molar-refractivity contribution in [1.29, 1.82) is 21.2 Å². The monoisotopic (exact) mass is 395 g/mol. The lowest BCUT2D eigenvalue weighted by molar-refractivity contribution is 0.202. The highest BCUT2D eigenvalue weighted by Gasteiger charge is 2.58. The third-order valence-corrected chi connectivity index (χ3v) is 6.05. The fourth-order valence-electron chi connectivity index (χ4n) is 4.49. The summed E-state index contributed by atoms with van der Waals surface area (Å²) in [5, 5.41) is 38.3. The van der Waals surface area contributed by atoms with Gasteiger partial charge in [0.2, 0.25) is 0 Å². The number of nitrogens with one attached hydrogen (secondary N) is 1. The van der Waals surface area contributed by atoms with Gasteiger partial charge < -0.3 is 5.41 Å². The Morgan fingerprint density at radius 1 is 1.32 bits per heavy atom. The highest BCUT2D eigenvalue weighted by molar-refractivity contribution is 6.31. The topological polar surface area (TPSA) is 98.5 Å². The molecule has 0 spiro atoms. The third kappa shape index (κ3) is 2.89. The van der Waals surface area contributed by atoms with E-state index in [1.807, 2.05) is 25.1 Å². The van der Waals surface area contributed by atoms with Gasteiger partial charge in [-0.05, 0) is 30.7 Å². The molecule has 7 heteroatoms. The van der Waals surface area contributed by atoms with Crippen molar-refractivity contribution >= 4 is 17.3 Å². The van der Waals surface area contributed by atoms with Crippen molar-refractivity contribution in [1.82, 2.24) is 4.90 Å². The predicted molar refractivity (Wildman–Crippen MR) is 103 cm³/mol. The second kappa shape index (κ2) is 7.72. The van der Waals surface area contributed by atoms with Crippen LogP contribution >= 0.6 is 11.6 Å². The maximum atomic E-state index is 14.9. The van der Waals surface area contributed by atoms with Crippen molar-refractivity contribution < 1.29 is 4.39 Å². The minimum Gasteiger partial charge on any atom is -0.305 e. The molecule has 5 nitrogen and oxygen atoms in total. The lowest BCUT2D eigenvalue weighted by Gasteiger charge is -2.48. The van der Waals surface area contributed by atoms with Gasteiger partial charge in [-0.3, -0.25) is 4.90 Å². The minimum atomic E-state index is -1.95. The van der Waals surface area contributed by atoms with Gasteiger partial charge in [0.05, 0.1) is 23.9 Å². The Hall–Kier alpha value is -2.72. The first-order valence-electron chi connectivity index (χ1n) is 9.12. The van der Waals surface area contributed by atoms with Crippen molar-refractivity contribution in [2.24, 2.45) is 17.3 Å². The molecule has 3 atom stereocenters. The summed E-state index contributed by atoms with van der Waals surface area (Å²) in [6, 6.07) is 10.2. The maximum Gasteiger partial charge on any atom is 0.189 e. The molecule has 1 heterocycles. The molecule has 1 unspecified atom stereocenters. The number of nitrogens with zero attached hydrogens (tertiary/aromatic N) is 4. The van der Waals surface area contributed by atoms with Gasteiger partial charge in [0.1, 0.15) is 11.7 Å². The summed E-state index contributed by atoms with van der Waals surface area (Å²) in [7, 11) is 0. The first-order chi connectivity index (χ1) is 13.4. The van der Waals surface area contributed by atoms with Crippen LogP contribution in [0.2, 0.25) is 5.02 Å². The number of rotatable bonds is 3. The molecular formula is C21H19ClFN5. The second-order valence-corrected chi connectivity index (χ2v) is 7.60. The lowest BCUT2D eigenvalue weighted by Crippen LogP contribution is -2.53. The van der Waals surface area contributed by atoms with Crippen LogP contribution in [0.1, 0.15) is 24.8 Å². The van der Waals surface area contributed by atoms with Gasteiger partial charge in [-0.2, -0.15) is 15.8 Å². The number of benzene rings is 1. The zero-order chi connectivity index (χ0) is 20.5. The Labute approximate surface area is 168 Å². The van der Waals surface area contributed by atoms with Crippen LogP contribution in [0.5, 0.6) is 0 Å². The van der Waals surface area contributed by atoms with Gasteiger partial charge in [-0.25, -0.2) is 4.39 Å². The van der Waals surface area contributed by atoms with Crippen molar-refractivity contribution in [2.75, 3.05) is 19.6 Å². The Morgan fingerprint density at radius 2 is 2.04 bits per heavy atom. The average Bonchev–Trinajstić information content (AvgIpc) is 2.69. The fraction of sp³-hybridized carbons (Fsp3) is 0.429. The van der Waals surface area contributed by atoms with Gasteiger partial charge >= 0.3 is 0 Å². The van der Waals surface area contributed by atoms with Crippen LogP contribution in [0.15, 0.2) is 29.8 Å². The molecule has 0 radical (unpaired) electrons. The van der Waals surface area contributed by atoms with E-state index in [9.17, 15) is 20.2 Å². The smallest absolute Gasteiger partial charge is 0.189 e. The summed E-state index contributed by atoms with van der Waals surface area (Å²) in [5.41, 5.74) is -1.49. The molecule has 1 aromatic rings. The Morgan fingerprint density at radius 3 is 2.61 bits per heavy atom. The van der Waals surface area contributed by atoms with Crippen LogP contribution in [0, 0.1) is 62.5 Å². The summed E-state index contributed by atoms with van der Waals surface area (Å²) in [5.74, 6) is -2.98.